The predicted octanol–water partition coefficient (Wildman–Crippen LogP) is 4.25. The molecule has 1 aromatic carbocycles. The predicted molar refractivity (Wildman–Crippen MR) is 92.0 cm³/mol. The molecule has 4 rings (SSSR count). The first-order chi connectivity index (χ1) is 11.5. The normalized spacial score (nSPS) is 17.1. The minimum absolute atomic E-state index is 0.158. The second kappa shape index (κ2) is 5.76. The molecule has 0 N–H and O–H groups in total. The first-order valence-electron chi connectivity index (χ1n) is 8.80. The molecule has 0 radical (unpaired) electrons. The number of aryl methyl sites for hydroxylation is 1. The lowest BCUT2D eigenvalue weighted by atomic mass is 10.2. The molecule has 2 aliphatic carbocycles. The number of carbonyl (C=O) groups is 1. The van der Waals surface area contributed by atoms with Gasteiger partial charge in [-0.25, -0.2) is 4.39 Å². The minimum atomic E-state index is -0.248. The number of aromatic nitrogens is 1. The van der Waals surface area contributed by atoms with E-state index in [0.29, 0.717) is 12.0 Å². The Morgan fingerprint density at radius 3 is 2.42 bits per heavy atom. The third kappa shape index (κ3) is 2.85. The van der Waals surface area contributed by atoms with Gasteiger partial charge < -0.3 is 9.47 Å². The van der Waals surface area contributed by atoms with Crippen molar-refractivity contribution in [3.05, 3.63) is 53.1 Å². The summed E-state index contributed by atoms with van der Waals surface area (Å²) < 4.78 is 15.2. The molecular formula is C20H23FN2O. The summed E-state index contributed by atoms with van der Waals surface area (Å²) in [5.74, 6) is 0.614. The van der Waals surface area contributed by atoms with Crippen LogP contribution in [0.1, 0.15) is 47.4 Å². The van der Waals surface area contributed by atoms with Gasteiger partial charge in [0.25, 0.3) is 5.91 Å². The first-order valence-corrected chi connectivity index (χ1v) is 8.80. The van der Waals surface area contributed by atoms with Crippen molar-refractivity contribution >= 4 is 5.91 Å². The summed E-state index contributed by atoms with van der Waals surface area (Å²) in [6, 6.07) is 8.84. The lowest BCUT2D eigenvalue weighted by Gasteiger charge is -2.22. The largest absolute Gasteiger partial charge is 0.335 e. The van der Waals surface area contributed by atoms with E-state index in [1.54, 1.807) is 12.1 Å². The molecule has 126 valence electrons. The molecule has 0 unspecified atom stereocenters. The van der Waals surface area contributed by atoms with Crippen LogP contribution in [0.2, 0.25) is 0 Å². The summed E-state index contributed by atoms with van der Waals surface area (Å²) in [6.07, 6.45) is 4.78. The van der Waals surface area contributed by atoms with Crippen molar-refractivity contribution in [2.24, 2.45) is 5.92 Å². The summed E-state index contributed by atoms with van der Waals surface area (Å²) in [7, 11) is 0. The van der Waals surface area contributed by atoms with Crippen LogP contribution < -0.4 is 0 Å². The van der Waals surface area contributed by atoms with Crippen molar-refractivity contribution in [2.75, 3.05) is 6.54 Å². The third-order valence-corrected chi connectivity index (χ3v) is 5.15. The van der Waals surface area contributed by atoms with Crippen LogP contribution in [0.5, 0.6) is 0 Å². The van der Waals surface area contributed by atoms with Gasteiger partial charge in [-0.2, -0.15) is 0 Å². The van der Waals surface area contributed by atoms with Crippen molar-refractivity contribution in [1.82, 2.24) is 9.47 Å². The second-order valence-electron chi connectivity index (χ2n) is 7.23. The second-order valence-corrected chi connectivity index (χ2v) is 7.23. The van der Waals surface area contributed by atoms with E-state index >= 15 is 0 Å². The molecule has 1 heterocycles. The van der Waals surface area contributed by atoms with E-state index in [2.05, 4.69) is 4.90 Å². The Morgan fingerprint density at radius 1 is 1.17 bits per heavy atom. The van der Waals surface area contributed by atoms with Crippen molar-refractivity contribution in [2.45, 2.75) is 45.6 Å². The van der Waals surface area contributed by atoms with Crippen molar-refractivity contribution < 1.29 is 9.18 Å². The van der Waals surface area contributed by atoms with Crippen molar-refractivity contribution in [3.63, 3.8) is 0 Å². The fourth-order valence-corrected chi connectivity index (χ4v) is 3.48. The maximum Gasteiger partial charge on any atom is 0.255 e. The molecule has 24 heavy (non-hydrogen) atoms. The topological polar surface area (TPSA) is 25.2 Å². The highest BCUT2D eigenvalue weighted by atomic mass is 19.1. The van der Waals surface area contributed by atoms with E-state index in [-0.39, 0.29) is 11.7 Å². The third-order valence-electron chi connectivity index (χ3n) is 5.15. The smallest absolute Gasteiger partial charge is 0.255 e. The molecule has 1 amide bonds. The van der Waals surface area contributed by atoms with E-state index in [9.17, 15) is 9.18 Å². The number of benzene rings is 1. The van der Waals surface area contributed by atoms with Crippen LogP contribution in [0.15, 0.2) is 30.3 Å². The zero-order valence-corrected chi connectivity index (χ0v) is 14.3. The molecule has 1 aromatic heterocycles. The number of nitrogens with zero attached hydrogens (tertiary/aromatic N) is 2. The zero-order chi connectivity index (χ0) is 16.8. The van der Waals surface area contributed by atoms with E-state index in [0.717, 1.165) is 42.0 Å². The molecule has 4 heteroatoms. The van der Waals surface area contributed by atoms with Gasteiger partial charge in [-0.15, -0.1) is 0 Å². The summed E-state index contributed by atoms with van der Waals surface area (Å²) in [5.41, 5.74) is 3.62. The fourth-order valence-electron chi connectivity index (χ4n) is 3.48. The average Bonchev–Trinajstić information content (AvgIpc) is 3.45. The van der Waals surface area contributed by atoms with Gasteiger partial charge in [0.15, 0.2) is 0 Å². The van der Waals surface area contributed by atoms with E-state index in [4.69, 9.17) is 0 Å². The molecule has 0 saturated heterocycles. The maximum absolute atomic E-state index is 13.2. The lowest BCUT2D eigenvalue weighted by Crippen LogP contribution is -2.35. The van der Waals surface area contributed by atoms with E-state index in [1.807, 2.05) is 24.5 Å². The zero-order valence-electron chi connectivity index (χ0n) is 14.3. The van der Waals surface area contributed by atoms with Crippen molar-refractivity contribution in [3.8, 4) is 5.69 Å². The monoisotopic (exact) mass is 326 g/mol. The Hall–Kier alpha value is -2.10. The number of hydrogen-bond acceptors (Lipinski definition) is 1. The summed E-state index contributed by atoms with van der Waals surface area (Å²) in [6.45, 7) is 4.88. The number of hydrogen-bond donors (Lipinski definition) is 0. The van der Waals surface area contributed by atoms with Crippen LogP contribution >= 0.6 is 0 Å². The van der Waals surface area contributed by atoms with Gasteiger partial charge in [-0.05, 0) is 75.8 Å². The number of carbonyl (C=O) groups excluding carboxylic acids is 1. The average molecular weight is 326 g/mol. The SMILES string of the molecule is Cc1cc(C(=O)N(CC2CC2)C2CC2)c(C)n1-c1ccc(F)cc1. The van der Waals surface area contributed by atoms with Crippen molar-refractivity contribution in [1.29, 1.82) is 0 Å². The highest BCUT2D eigenvalue weighted by Crippen LogP contribution is 2.36. The molecular weight excluding hydrogens is 303 g/mol. The minimum Gasteiger partial charge on any atom is -0.335 e. The summed E-state index contributed by atoms with van der Waals surface area (Å²) in [4.78, 5) is 15.2. The number of amides is 1. The lowest BCUT2D eigenvalue weighted by molar-refractivity contribution is 0.0734. The summed E-state index contributed by atoms with van der Waals surface area (Å²) >= 11 is 0. The van der Waals surface area contributed by atoms with Gasteiger partial charge in [0, 0.05) is 29.7 Å². The number of halogens is 1. The summed E-state index contributed by atoms with van der Waals surface area (Å²) in [5, 5.41) is 0. The Bertz CT molecular complexity index is 770. The standard InChI is InChI=1S/C20H23FN2O/c1-13-11-19(14(2)23(13)18-7-5-16(21)6-8-18)20(24)22(17-9-10-17)12-15-3-4-15/h5-8,11,15,17H,3-4,9-10,12H2,1-2H3. The molecule has 3 nitrogen and oxygen atoms in total. The van der Waals surface area contributed by atoms with Crippen LogP contribution in [0.25, 0.3) is 5.69 Å². The van der Waals surface area contributed by atoms with Gasteiger partial charge in [0.05, 0.1) is 5.56 Å². The molecule has 2 fully saturated rings. The van der Waals surface area contributed by atoms with Gasteiger partial charge >= 0.3 is 0 Å². The van der Waals surface area contributed by atoms with Crippen LogP contribution in [-0.2, 0) is 0 Å². The molecule has 0 spiro atoms. The highest BCUT2D eigenvalue weighted by molar-refractivity contribution is 5.96. The molecule has 0 aliphatic heterocycles. The number of rotatable bonds is 5. The molecule has 2 aromatic rings. The molecule has 0 atom stereocenters. The van der Waals surface area contributed by atoms with Crippen LogP contribution in [0, 0.1) is 25.6 Å². The van der Waals surface area contributed by atoms with Crippen LogP contribution in [-0.4, -0.2) is 28.0 Å². The van der Waals surface area contributed by atoms with E-state index < -0.39 is 0 Å². The first kappa shape index (κ1) is 15.4. The van der Waals surface area contributed by atoms with Gasteiger partial charge in [-0.3, -0.25) is 4.79 Å². The van der Waals surface area contributed by atoms with Gasteiger partial charge in [0.1, 0.15) is 5.82 Å². The molecule has 2 saturated carbocycles. The Balaban J connectivity index is 1.66. The van der Waals surface area contributed by atoms with E-state index in [1.165, 1.54) is 25.0 Å². The van der Waals surface area contributed by atoms with Gasteiger partial charge in [0.2, 0.25) is 0 Å². The quantitative estimate of drug-likeness (QED) is 0.806. The maximum atomic E-state index is 13.2. The Morgan fingerprint density at radius 2 is 1.83 bits per heavy atom. The molecule has 2 aliphatic rings. The Labute approximate surface area is 142 Å². The molecule has 0 bridgehead atoms. The fraction of sp³-hybridized carbons (Fsp3) is 0.450. The highest BCUT2D eigenvalue weighted by Gasteiger charge is 2.37. The Kier molecular flexibility index (Phi) is 3.70. The van der Waals surface area contributed by atoms with Gasteiger partial charge in [-0.1, -0.05) is 0 Å². The van der Waals surface area contributed by atoms with Crippen LogP contribution in [0.4, 0.5) is 4.39 Å². The van der Waals surface area contributed by atoms with Crippen LogP contribution in [0.3, 0.4) is 0 Å².